The SMILES string of the molecule is COc1ccc(C2=NN(C(=O)CSc3nc4ccccc4[nH]3)[C@@H](c3ccc(OC)cc3)C2)cc1. The molecule has 0 unspecified atom stereocenters. The third-order valence-electron chi connectivity index (χ3n) is 5.79. The first kappa shape index (κ1) is 22.0. The molecule has 34 heavy (non-hydrogen) atoms. The van der Waals surface area contributed by atoms with E-state index >= 15 is 0 Å². The van der Waals surface area contributed by atoms with E-state index in [1.807, 2.05) is 72.8 Å². The molecule has 0 fully saturated rings. The zero-order valence-corrected chi connectivity index (χ0v) is 19.7. The van der Waals surface area contributed by atoms with E-state index in [0.717, 1.165) is 39.4 Å². The van der Waals surface area contributed by atoms with Crippen LogP contribution in [0, 0.1) is 0 Å². The summed E-state index contributed by atoms with van der Waals surface area (Å²) >= 11 is 1.38. The van der Waals surface area contributed by atoms with Crippen LogP contribution in [-0.2, 0) is 4.79 Å². The first-order valence-electron chi connectivity index (χ1n) is 10.9. The molecule has 8 heteroatoms. The van der Waals surface area contributed by atoms with E-state index in [-0.39, 0.29) is 17.7 Å². The molecule has 0 saturated heterocycles. The average Bonchev–Trinajstić information content (AvgIpc) is 3.52. The van der Waals surface area contributed by atoms with Gasteiger partial charge in [0.1, 0.15) is 11.5 Å². The standard InChI is InChI=1S/C26H24N4O3S/c1-32-19-11-7-17(8-12-19)23-15-24(18-9-13-20(33-2)14-10-18)30(29-23)25(31)16-34-26-27-21-5-3-4-6-22(21)28-26/h3-14,24H,15-16H2,1-2H3,(H,27,28)/t24-/m1/s1. The Labute approximate surface area is 201 Å². The topological polar surface area (TPSA) is 79.8 Å². The van der Waals surface area contributed by atoms with Gasteiger partial charge >= 0.3 is 0 Å². The monoisotopic (exact) mass is 472 g/mol. The molecule has 5 rings (SSSR count). The quantitative estimate of drug-likeness (QED) is 0.381. The van der Waals surface area contributed by atoms with Crippen molar-refractivity contribution >= 4 is 34.4 Å². The van der Waals surface area contributed by atoms with Gasteiger partial charge in [-0.2, -0.15) is 5.10 Å². The van der Waals surface area contributed by atoms with Crippen molar-refractivity contribution < 1.29 is 14.3 Å². The van der Waals surface area contributed by atoms with Gasteiger partial charge in [-0.25, -0.2) is 9.99 Å². The van der Waals surface area contributed by atoms with E-state index < -0.39 is 0 Å². The summed E-state index contributed by atoms with van der Waals surface area (Å²) in [7, 11) is 3.28. The lowest BCUT2D eigenvalue weighted by Gasteiger charge is -2.22. The molecule has 0 bridgehead atoms. The van der Waals surface area contributed by atoms with Gasteiger partial charge in [-0.05, 0) is 59.7 Å². The number of fused-ring (bicyclic) bond motifs is 1. The zero-order valence-electron chi connectivity index (χ0n) is 18.9. The van der Waals surface area contributed by atoms with E-state index in [2.05, 4.69) is 9.97 Å². The van der Waals surface area contributed by atoms with Crippen molar-refractivity contribution in [3.8, 4) is 11.5 Å². The van der Waals surface area contributed by atoms with E-state index in [1.54, 1.807) is 19.2 Å². The number of carbonyl (C=O) groups excluding carboxylic acids is 1. The summed E-state index contributed by atoms with van der Waals surface area (Å²) in [5, 5.41) is 7.08. The van der Waals surface area contributed by atoms with Gasteiger partial charge in [0.05, 0.1) is 42.8 Å². The predicted molar refractivity (Wildman–Crippen MR) is 134 cm³/mol. The normalized spacial score (nSPS) is 15.4. The zero-order chi connectivity index (χ0) is 23.5. The molecule has 2 heterocycles. The predicted octanol–water partition coefficient (Wildman–Crippen LogP) is 5.05. The summed E-state index contributed by atoms with van der Waals surface area (Å²) in [5.74, 6) is 1.71. The number of rotatable bonds is 7. The maximum absolute atomic E-state index is 13.3. The van der Waals surface area contributed by atoms with Crippen molar-refractivity contribution in [2.45, 2.75) is 17.6 Å². The molecule has 3 aromatic carbocycles. The van der Waals surface area contributed by atoms with Crippen LogP contribution in [0.2, 0.25) is 0 Å². The first-order valence-corrected chi connectivity index (χ1v) is 11.9. The highest BCUT2D eigenvalue weighted by Crippen LogP contribution is 2.34. The molecule has 172 valence electrons. The number of methoxy groups -OCH3 is 2. The fourth-order valence-corrected chi connectivity index (χ4v) is 4.72. The van der Waals surface area contributed by atoms with Crippen molar-refractivity contribution in [3.05, 3.63) is 83.9 Å². The van der Waals surface area contributed by atoms with Gasteiger partial charge in [0, 0.05) is 6.42 Å². The number of nitrogens with one attached hydrogen (secondary N) is 1. The maximum Gasteiger partial charge on any atom is 0.253 e. The van der Waals surface area contributed by atoms with Crippen LogP contribution in [0.5, 0.6) is 11.5 Å². The molecule has 1 amide bonds. The van der Waals surface area contributed by atoms with Gasteiger partial charge < -0.3 is 14.5 Å². The second-order valence-electron chi connectivity index (χ2n) is 7.85. The molecule has 0 spiro atoms. The number of carbonyl (C=O) groups is 1. The number of amides is 1. The summed E-state index contributed by atoms with van der Waals surface area (Å²) in [6.07, 6.45) is 0.625. The molecule has 4 aromatic rings. The number of aromatic amines is 1. The lowest BCUT2D eigenvalue weighted by atomic mass is 9.98. The number of nitrogens with zero attached hydrogens (tertiary/aromatic N) is 3. The number of benzene rings is 3. The molecule has 0 aliphatic carbocycles. The molecule has 1 aliphatic heterocycles. The summed E-state index contributed by atoms with van der Waals surface area (Å²) in [6, 6.07) is 23.2. The van der Waals surface area contributed by atoms with Gasteiger partial charge in [0.25, 0.3) is 5.91 Å². The molecule has 1 aromatic heterocycles. The summed E-state index contributed by atoms with van der Waals surface area (Å²) < 4.78 is 10.6. The maximum atomic E-state index is 13.3. The Morgan fingerprint density at radius 1 is 1.00 bits per heavy atom. The molecular formula is C26H24N4O3S. The van der Waals surface area contributed by atoms with E-state index in [0.29, 0.717) is 11.6 Å². The fourth-order valence-electron chi connectivity index (χ4n) is 3.98. The smallest absolute Gasteiger partial charge is 0.253 e. The van der Waals surface area contributed by atoms with Gasteiger partial charge in [0.15, 0.2) is 5.16 Å². The molecule has 1 atom stereocenters. The highest BCUT2D eigenvalue weighted by Gasteiger charge is 2.33. The number of para-hydroxylation sites is 2. The minimum Gasteiger partial charge on any atom is -0.497 e. The second kappa shape index (κ2) is 9.61. The van der Waals surface area contributed by atoms with Crippen LogP contribution < -0.4 is 9.47 Å². The van der Waals surface area contributed by atoms with Gasteiger partial charge in [-0.15, -0.1) is 0 Å². The van der Waals surface area contributed by atoms with Gasteiger partial charge in [0.2, 0.25) is 0 Å². The second-order valence-corrected chi connectivity index (χ2v) is 8.82. The van der Waals surface area contributed by atoms with Crippen LogP contribution in [0.1, 0.15) is 23.6 Å². The van der Waals surface area contributed by atoms with Crippen molar-refractivity contribution in [2.24, 2.45) is 5.10 Å². The molecule has 1 N–H and O–H groups in total. The lowest BCUT2D eigenvalue weighted by molar-refractivity contribution is -0.130. The van der Waals surface area contributed by atoms with E-state index in [1.165, 1.54) is 11.8 Å². The average molecular weight is 473 g/mol. The Hall–Kier alpha value is -3.78. The molecule has 1 aliphatic rings. The van der Waals surface area contributed by atoms with Crippen LogP contribution in [0.3, 0.4) is 0 Å². The van der Waals surface area contributed by atoms with Crippen LogP contribution in [0.25, 0.3) is 11.0 Å². The number of aromatic nitrogens is 2. The third-order valence-corrected chi connectivity index (χ3v) is 6.65. The number of hydrazone groups is 1. The van der Waals surface area contributed by atoms with E-state index in [4.69, 9.17) is 14.6 Å². The number of H-pyrrole nitrogens is 1. The van der Waals surface area contributed by atoms with E-state index in [9.17, 15) is 4.79 Å². The third kappa shape index (κ3) is 4.49. The largest absolute Gasteiger partial charge is 0.497 e. The molecule has 0 saturated carbocycles. The number of hydrogen-bond donors (Lipinski definition) is 1. The highest BCUT2D eigenvalue weighted by molar-refractivity contribution is 7.99. The van der Waals surface area contributed by atoms with Crippen molar-refractivity contribution in [1.29, 1.82) is 0 Å². The molecule has 7 nitrogen and oxygen atoms in total. The number of thioether (sulfide) groups is 1. The van der Waals surface area contributed by atoms with Crippen LogP contribution in [-0.4, -0.2) is 46.6 Å². The Morgan fingerprint density at radius 2 is 1.68 bits per heavy atom. The minimum absolute atomic E-state index is 0.0743. The van der Waals surface area contributed by atoms with Crippen LogP contribution in [0.15, 0.2) is 83.1 Å². The highest BCUT2D eigenvalue weighted by atomic mass is 32.2. The van der Waals surface area contributed by atoms with Crippen molar-refractivity contribution in [2.75, 3.05) is 20.0 Å². The Kier molecular flexibility index (Phi) is 6.22. The minimum atomic E-state index is -0.188. The number of hydrogen-bond acceptors (Lipinski definition) is 6. The molecular weight excluding hydrogens is 448 g/mol. The molecule has 0 radical (unpaired) electrons. The summed E-state index contributed by atoms with van der Waals surface area (Å²) in [6.45, 7) is 0. The lowest BCUT2D eigenvalue weighted by Crippen LogP contribution is -2.28. The van der Waals surface area contributed by atoms with Gasteiger partial charge in [-0.3, -0.25) is 4.79 Å². The first-order chi connectivity index (χ1) is 16.6. The van der Waals surface area contributed by atoms with Crippen LogP contribution in [0.4, 0.5) is 0 Å². The Bertz CT molecular complexity index is 1300. The summed E-state index contributed by atoms with van der Waals surface area (Å²) in [4.78, 5) is 21.2. The number of imidazole rings is 1. The number of ether oxygens (including phenoxy) is 2. The fraction of sp³-hybridized carbons (Fsp3) is 0.192. The van der Waals surface area contributed by atoms with Gasteiger partial charge in [-0.1, -0.05) is 36.0 Å². The van der Waals surface area contributed by atoms with Crippen molar-refractivity contribution in [3.63, 3.8) is 0 Å². The Balaban J connectivity index is 1.38. The van der Waals surface area contributed by atoms with Crippen LogP contribution >= 0.6 is 11.8 Å². The summed E-state index contributed by atoms with van der Waals surface area (Å²) in [5.41, 5.74) is 4.68. The van der Waals surface area contributed by atoms with Crippen molar-refractivity contribution in [1.82, 2.24) is 15.0 Å². The Morgan fingerprint density at radius 3 is 2.35 bits per heavy atom.